The molecule has 1 amide bonds. The van der Waals surface area contributed by atoms with E-state index in [1.165, 1.54) is 19.3 Å². The number of carbonyl (C=O) groups is 1. The van der Waals surface area contributed by atoms with E-state index in [1.807, 2.05) is 25.1 Å². The van der Waals surface area contributed by atoms with Crippen molar-refractivity contribution in [3.8, 4) is 5.75 Å². The van der Waals surface area contributed by atoms with Gasteiger partial charge in [-0.05, 0) is 43.4 Å². The molecule has 1 aliphatic rings. The molecule has 0 aromatic heterocycles. The molecule has 1 saturated carbocycles. The van der Waals surface area contributed by atoms with Gasteiger partial charge in [-0.15, -0.1) is 12.4 Å². The van der Waals surface area contributed by atoms with Crippen molar-refractivity contribution in [2.45, 2.75) is 58.4 Å². The summed E-state index contributed by atoms with van der Waals surface area (Å²) in [6.45, 7) is 4.41. The molecule has 0 atom stereocenters. The molecule has 154 valence electrons. The van der Waals surface area contributed by atoms with Gasteiger partial charge in [0.25, 0.3) is 0 Å². The van der Waals surface area contributed by atoms with E-state index in [1.54, 1.807) is 7.11 Å². The molecule has 0 aliphatic heterocycles. The van der Waals surface area contributed by atoms with E-state index < -0.39 is 0 Å². The van der Waals surface area contributed by atoms with Crippen molar-refractivity contribution in [2.75, 3.05) is 26.9 Å². The van der Waals surface area contributed by atoms with Crippen LogP contribution in [0.5, 0.6) is 5.75 Å². The zero-order valence-corrected chi connectivity index (χ0v) is 17.5. The van der Waals surface area contributed by atoms with E-state index in [9.17, 15) is 4.79 Å². The van der Waals surface area contributed by atoms with E-state index in [-0.39, 0.29) is 23.7 Å². The Kier molecular flexibility index (Phi) is 10.7. The van der Waals surface area contributed by atoms with Crippen LogP contribution in [0.2, 0.25) is 0 Å². The zero-order chi connectivity index (χ0) is 18.8. The number of halogens is 1. The molecule has 6 heteroatoms. The SMILES string of the molecule is COCCCOc1cc(C)ccc1CNC(=O)CC1(CN)CCCCC1.Cl. The van der Waals surface area contributed by atoms with Crippen LogP contribution in [0.15, 0.2) is 18.2 Å². The van der Waals surface area contributed by atoms with Crippen LogP contribution >= 0.6 is 12.4 Å². The summed E-state index contributed by atoms with van der Waals surface area (Å²) in [7, 11) is 1.69. The first kappa shape index (κ1) is 23.7. The van der Waals surface area contributed by atoms with E-state index in [0.29, 0.717) is 32.7 Å². The maximum Gasteiger partial charge on any atom is 0.220 e. The predicted molar refractivity (Wildman–Crippen MR) is 111 cm³/mol. The molecule has 0 heterocycles. The van der Waals surface area contributed by atoms with Crippen LogP contribution in [-0.4, -0.2) is 32.8 Å². The van der Waals surface area contributed by atoms with Crippen molar-refractivity contribution in [3.63, 3.8) is 0 Å². The smallest absolute Gasteiger partial charge is 0.220 e. The molecule has 5 nitrogen and oxygen atoms in total. The minimum Gasteiger partial charge on any atom is -0.493 e. The van der Waals surface area contributed by atoms with Crippen LogP contribution < -0.4 is 15.8 Å². The summed E-state index contributed by atoms with van der Waals surface area (Å²) in [5.74, 6) is 0.927. The number of nitrogens with two attached hydrogens (primary N) is 1. The van der Waals surface area contributed by atoms with Crippen molar-refractivity contribution >= 4 is 18.3 Å². The van der Waals surface area contributed by atoms with Crippen LogP contribution in [0.4, 0.5) is 0 Å². The van der Waals surface area contributed by atoms with Gasteiger partial charge in [0.05, 0.1) is 6.61 Å². The molecule has 27 heavy (non-hydrogen) atoms. The second-order valence-electron chi connectivity index (χ2n) is 7.52. The first-order valence-electron chi connectivity index (χ1n) is 9.77. The summed E-state index contributed by atoms with van der Waals surface area (Å²) in [5.41, 5.74) is 8.15. The van der Waals surface area contributed by atoms with Crippen LogP contribution in [0, 0.1) is 12.3 Å². The summed E-state index contributed by atoms with van der Waals surface area (Å²) >= 11 is 0. The number of hydrogen-bond donors (Lipinski definition) is 2. The van der Waals surface area contributed by atoms with Gasteiger partial charge < -0.3 is 20.5 Å². The monoisotopic (exact) mass is 398 g/mol. The molecule has 0 spiro atoms. The lowest BCUT2D eigenvalue weighted by molar-refractivity contribution is -0.124. The summed E-state index contributed by atoms with van der Waals surface area (Å²) in [6, 6.07) is 6.10. The fourth-order valence-electron chi connectivity index (χ4n) is 3.68. The third-order valence-corrected chi connectivity index (χ3v) is 5.33. The van der Waals surface area contributed by atoms with E-state index >= 15 is 0 Å². The number of nitrogens with one attached hydrogen (secondary N) is 1. The van der Waals surface area contributed by atoms with Crippen LogP contribution in [-0.2, 0) is 16.1 Å². The van der Waals surface area contributed by atoms with Gasteiger partial charge in [-0.1, -0.05) is 31.4 Å². The molecule has 3 N–H and O–H groups in total. The van der Waals surface area contributed by atoms with Gasteiger partial charge >= 0.3 is 0 Å². The van der Waals surface area contributed by atoms with Gasteiger partial charge in [0.15, 0.2) is 0 Å². The maximum atomic E-state index is 12.5. The second kappa shape index (κ2) is 12.2. The Labute approximate surface area is 169 Å². The molecule has 2 rings (SSSR count). The number of carbonyl (C=O) groups excluding carboxylic acids is 1. The molecular formula is C21H35ClN2O3. The van der Waals surface area contributed by atoms with Gasteiger partial charge in [0, 0.05) is 38.7 Å². The number of amides is 1. The number of ether oxygens (including phenoxy) is 2. The molecule has 0 unspecified atom stereocenters. The number of aryl methyl sites for hydroxylation is 1. The maximum absolute atomic E-state index is 12.5. The number of hydrogen-bond acceptors (Lipinski definition) is 4. The molecule has 1 fully saturated rings. The summed E-state index contributed by atoms with van der Waals surface area (Å²) in [6.07, 6.45) is 7.12. The quantitative estimate of drug-likeness (QED) is 0.588. The van der Waals surface area contributed by atoms with Gasteiger partial charge in [0.2, 0.25) is 5.91 Å². The third-order valence-electron chi connectivity index (χ3n) is 5.33. The molecular weight excluding hydrogens is 364 g/mol. The molecule has 0 bridgehead atoms. The lowest BCUT2D eigenvalue weighted by Crippen LogP contribution is -2.38. The van der Waals surface area contributed by atoms with E-state index in [0.717, 1.165) is 36.1 Å². The second-order valence-corrected chi connectivity index (χ2v) is 7.52. The highest BCUT2D eigenvalue weighted by Gasteiger charge is 2.32. The molecule has 1 aliphatic carbocycles. The van der Waals surface area contributed by atoms with Crippen molar-refractivity contribution in [3.05, 3.63) is 29.3 Å². The van der Waals surface area contributed by atoms with Gasteiger partial charge in [-0.3, -0.25) is 4.79 Å². The highest BCUT2D eigenvalue weighted by Crippen LogP contribution is 2.38. The Hall–Kier alpha value is -1.30. The lowest BCUT2D eigenvalue weighted by Gasteiger charge is -2.35. The zero-order valence-electron chi connectivity index (χ0n) is 16.7. The highest BCUT2D eigenvalue weighted by molar-refractivity contribution is 5.85. The Bertz CT molecular complexity index is 575. The first-order chi connectivity index (χ1) is 12.6. The fraction of sp³-hybridized carbons (Fsp3) is 0.667. The number of benzene rings is 1. The Balaban J connectivity index is 0.00000364. The summed E-state index contributed by atoms with van der Waals surface area (Å²) in [4.78, 5) is 12.5. The largest absolute Gasteiger partial charge is 0.493 e. The predicted octanol–water partition coefficient (Wildman–Crippen LogP) is 3.75. The average molecular weight is 399 g/mol. The highest BCUT2D eigenvalue weighted by atomic mass is 35.5. The Morgan fingerprint density at radius 2 is 1.96 bits per heavy atom. The summed E-state index contributed by atoms with van der Waals surface area (Å²) < 4.78 is 10.9. The normalized spacial score (nSPS) is 15.7. The third kappa shape index (κ3) is 7.68. The summed E-state index contributed by atoms with van der Waals surface area (Å²) in [5, 5.41) is 3.07. The Morgan fingerprint density at radius 1 is 1.22 bits per heavy atom. The molecule has 0 saturated heterocycles. The van der Waals surface area contributed by atoms with Gasteiger partial charge in [0.1, 0.15) is 5.75 Å². The Morgan fingerprint density at radius 3 is 2.63 bits per heavy atom. The molecule has 1 aromatic carbocycles. The van der Waals surface area contributed by atoms with Crippen molar-refractivity contribution in [1.82, 2.24) is 5.32 Å². The number of methoxy groups -OCH3 is 1. The van der Waals surface area contributed by atoms with Crippen molar-refractivity contribution < 1.29 is 14.3 Å². The van der Waals surface area contributed by atoms with E-state index in [4.69, 9.17) is 15.2 Å². The van der Waals surface area contributed by atoms with E-state index in [2.05, 4.69) is 5.32 Å². The lowest BCUT2D eigenvalue weighted by atomic mass is 9.71. The van der Waals surface area contributed by atoms with Gasteiger partial charge in [-0.2, -0.15) is 0 Å². The minimum atomic E-state index is -0.00487. The van der Waals surface area contributed by atoms with Gasteiger partial charge in [-0.25, -0.2) is 0 Å². The molecule has 0 radical (unpaired) electrons. The van der Waals surface area contributed by atoms with Crippen LogP contribution in [0.1, 0.15) is 56.1 Å². The fourth-order valence-corrected chi connectivity index (χ4v) is 3.68. The van der Waals surface area contributed by atoms with Crippen molar-refractivity contribution in [2.24, 2.45) is 11.1 Å². The van der Waals surface area contributed by atoms with Crippen LogP contribution in [0.3, 0.4) is 0 Å². The number of rotatable bonds is 10. The topological polar surface area (TPSA) is 73.6 Å². The minimum absolute atomic E-state index is 0. The average Bonchev–Trinajstić information content (AvgIpc) is 2.65. The van der Waals surface area contributed by atoms with Crippen molar-refractivity contribution in [1.29, 1.82) is 0 Å². The van der Waals surface area contributed by atoms with Crippen LogP contribution in [0.25, 0.3) is 0 Å². The first-order valence-corrected chi connectivity index (χ1v) is 9.77. The standard InChI is InChI=1S/C21H34N2O3.ClH/c1-17-7-8-18(19(13-17)26-12-6-11-25-2)15-23-20(24)14-21(16-22)9-4-3-5-10-21;/h7-8,13H,3-6,9-12,14-16,22H2,1-2H3,(H,23,24);1H. The molecule has 1 aromatic rings.